The molecule has 0 saturated carbocycles. The lowest BCUT2D eigenvalue weighted by Crippen LogP contribution is -2.21. The van der Waals surface area contributed by atoms with Gasteiger partial charge in [-0.1, -0.05) is 31.2 Å². The lowest BCUT2D eigenvalue weighted by molar-refractivity contribution is 0.0489. The van der Waals surface area contributed by atoms with Gasteiger partial charge in [0.25, 0.3) is 0 Å². The molecule has 1 aromatic carbocycles. The van der Waals surface area contributed by atoms with E-state index in [0.717, 1.165) is 21.8 Å². The third-order valence-electron chi connectivity index (χ3n) is 3.67. The minimum Gasteiger partial charge on any atom is -0.384 e. The quantitative estimate of drug-likeness (QED) is 0.711. The summed E-state index contributed by atoms with van der Waals surface area (Å²) in [6.07, 6.45) is 2.40. The predicted octanol–water partition coefficient (Wildman–Crippen LogP) is 3.40. The molecule has 0 amide bonds. The highest BCUT2D eigenvalue weighted by Crippen LogP contribution is 2.27. The number of pyridine rings is 2. The molecule has 2 aromatic heterocycles. The zero-order valence-electron chi connectivity index (χ0n) is 11.1. The number of hydrogen-bond donors (Lipinski definition) is 1. The predicted molar refractivity (Wildman–Crippen MR) is 76.9 cm³/mol. The molecule has 19 heavy (non-hydrogen) atoms. The molecule has 0 spiro atoms. The average molecular weight is 252 g/mol. The number of nitrogens with zero attached hydrogens (tertiary/aromatic N) is 2. The van der Waals surface area contributed by atoms with E-state index in [9.17, 15) is 5.11 Å². The third kappa shape index (κ3) is 1.96. The highest BCUT2D eigenvalue weighted by molar-refractivity contribution is 6.02. The topological polar surface area (TPSA) is 46.0 Å². The second kappa shape index (κ2) is 4.28. The molecule has 3 aromatic rings. The van der Waals surface area contributed by atoms with Crippen molar-refractivity contribution < 1.29 is 5.11 Å². The molecule has 2 heterocycles. The van der Waals surface area contributed by atoms with E-state index in [1.165, 1.54) is 0 Å². The molecule has 0 fully saturated rings. The van der Waals surface area contributed by atoms with E-state index in [2.05, 4.69) is 9.97 Å². The molecule has 0 bridgehead atoms. The first kappa shape index (κ1) is 12.1. The van der Waals surface area contributed by atoms with Gasteiger partial charge in [0.15, 0.2) is 0 Å². The van der Waals surface area contributed by atoms with Crippen LogP contribution in [0, 0.1) is 0 Å². The van der Waals surface area contributed by atoms with Crippen LogP contribution in [-0.2, 0) is 5.60 Å². The van der Waals surface area contributed by atoms with Crippen molar-refractivity contribution in [2.24, 2.45) is 0 Å². The van der Waals surface area contributed by atoms with Gasteiger partial charge in [0.2, 0.25) is 0 Å². The Bertz CT molecular complexity index is 750. The summed E-state index contributed by atoms with van der Waals surface area (Å²) >= 11 is 0. The molecule has 1 unspecified atom stereocenters. The van der Waals surface area contributed by atoms with Crippen LogP contribution in [0.2, 0.25) is 0 Å². The summed E-state index contributed by atoms with van der Waals surface area (Å²) in [5.74, 6) is 0. The van der Waals surface area contributed by atoms with E-state index in [-0.39, 0.29) is 0 Å². The second-order valence-corrected chi connectivity index (χ2v) is 5.04. The minimum atomic E-state index is -0.898. The van der Waals surface area contributed by atoms with Crippen LogP contribution in [-0.4, -0.2) is 15.1 Å². The summed E-state index contributed by atoms with van der Waals surface area (Å²) in [7, 11) is 0. The van der Waals surface area contributed by atoms with Crippen molar-refractivity contribution in [3.8, 4) is 0 Å². The van der Waals surface area contributed by atoms with Crippen molar-refractivity contribution in [1.82, 2.24) is 9.97 Å². The van der Waals surface area contributed by atoms with E-state index in [0.29, 0.717) is 12.1 Å². The molecule has 3 heteroatoms. The van der Waals surface area contributed by atoms with Gasteiger partial charge in [0, 0.05) is 17.0 Å². The zero-order chi connectivity index (χ0) is 13.5. The van der Waals surface area contributed by atoms with Gasteiger partial charge in [-0.25, -0.2) is 4.98 Å². The zero-order valence-corrected chi connectivity index (χ0v) is 11.1. The molecule has 96 valence electrons. The maximum Gasteiger partial charge on any atom is 0.103 e. The number of fused-ring (bicyclic) bond motifs is 3. The fourth-order valence-electron chi connectivity index (χ4n) is 2.20. The van der Waals surface area contributed by atoms with Crippen molar-refractivity contribution in [1.29, 1.82) is 0 Å². The van der Waals surface area contributed by atoms with E-state index in [1.807, 2.05) is 43.3 Å². The maximum atomic E-state index is 10.3. The number of aromatic nitrogens is 2. The Labute approximate surface area is 111 Å². The number of benzene rings is 1. The van der Waals surface area contributed by atoms with Crippen LogP contribution < -0.4 is 0 Å². The average Bonchev–Trinajstić information content (AvgIpc) is 2.46. The van der Waals surface area contributed by atoms with Crippen LogP contribution in [0.4, 0.5) is 0 Å². The van der Waals surface area contributed by atoms with Gasteiger partial charge in [-0.05, 0) is 25.5 Å². The fraction of sp³-hybridized carbons (Fsp3) is 0.250. The maximum absolute atomic E-state index is 10.3. The van der Waals surface area contributed by atoms with Crippen LogP contribution in [0.25, 0.3) is 21.8 Å². The Morgan fingerprint density at radius 1 is 1.05 bits per heavy atom. The Morgan fingerprint density at radius 3 is 2.47 bits per heavy atom. The van der Waals surface area contributed by atoms with Crippen LogP contribution in [0.5, 0.6) is 0 Å². The smallest absolute Gasteiger partial charge is 0.103 e. The van der Waals surface area contributed by atoms with Gasteiger partial charge in [-0.3, -0.25) is 4.98 Å². The first-order chi connectivity index (χ1) is 9.12. The van der Waals surface area contributed by atoms with Gasteiger partial charge in [0.1, 0.15) is 5.60 Å². The summed E-state index contributed by atoms with van der Waals surface area (Å²) in [6, 6.07) is 11.9. The molecule has 3 nitrogen and oxygen atoms in total. The van der Waals surface area contributed by atoms with Crippen LogP contribution >= 0.6 is 0 Å². The molecule has 1 atom stereocenters. The van der Waals surface area contributed by atoms with Crippen LogP contribution in [0.15, 0.2) is 42.6 Å². The van der Waals surface area contributed by atoms with Crippen molar-refractivity contribution in [2.75, 3.05) is 0 Å². The first-order valence-electron chi connectivity index (χ1n) is 6.49. The Hall–Kier alpha value is -2.00. The van der Waals surface area contributed by atoms with Gasteiger partial charge in [-0.15, -0.1) is 0 Å². The number of hydrogen-bond acceptors (Lipinski definition) is 3. The van der Waals surface area contributed by atoms with Crippen LogP contribution in [0.3, 0.4) is 0 Å². The number of rotatable bonds is 2. The Kier molecular flexibility index (Phi) is 2.72. The molecular formula is C16H16N2O. The van der Waals surface area contributed by atoms with E-state index in [4.69, 9.17) is 0 Å². The van der Waals surface area contributed by atoms with E-state index >= 15 is 0 Å². The Balaban J connectivity index is 2.34. The molecule has 0 radical (unpaired) electrons. The summed E-state index contributed by atoms with van der Waals surface area (Å²) < 4.78 is 0. The highest BCUT2D eigenvalue weighted by Gasteiger charge is 2.22. The van der Waals surface area contributed by atoms with E-state index in [1.54, 1.807) is 13.1 Å². The molecule has 1 N–H and O–H groups in total. The normalized spacial score (nSPS) is 14.7. The minimum absolute atomic E-state index is 0.629. The molecule has 0 saturated heterocycles. The summed E-state index contributed by atoms with van der Waals surface area (Å²) in [6.45, 7) is 3.74. The lowest BCUT2D eigenvalue weighted by Gasteiger charge is -2.21. The Morgan fingerprint density at radius 2 is 1.74 bits per heavy atom. The molecule has 0 aliphatic heterocycles. The SMILES string of the molecule is CCC(C)(O)c1ccc2ccc3cccnc3c2n1. The van der Waals surface area contributed by atoms with E-state index < -0.39 is 5.60 Å². The van der Waals surface area contributed by atoms with Gasteiger partial charge < -0.3 is 5.11 Å². The van der Waals surface area contributed by atoms with Crippen LogP contribution in [0.1, 0.15) is 26.0 Å². The number of aliphatic hydroxyl groups is 1. The second-order valence-electron chi connectivity index (χ2n) is 5.04. The largest absolute Gasteiger partial charge is 0.384 e. The van der Waals surface area contributed by atoms with Gasteiger partial charge in [-0.2, -0.15) is 0 Å². The highest BCUT2D eigenvalue weighted by atomic mass is 16.3. The summed E-state index contributed by atoms with van der Waals surface area (Å²) in [5, 5.41) is 12.5. The standard InChI is InChI=1S/C16H16N2O/c1-3-16(2,19)13-9-8-12-7-6-11-5-4-10-17-14(11)15(12)18-13/h4-10,19H,3H2,1-2H3. The molecular weight excluding hydrogens is 236 g/mol. The lowest BCUT2D eigenvalue weighted by atomic mass is 9.97. The van der Waals surface area contributed by atoms with Crippen molar-refractivity contribution in [3.05, 3.63) is 48.3 Å². The van der Waals surface area contributed by atoms with Gasteiger partial charge >= 0.3 is 0 Å². The monoisotopic (exact) mass is 252 g/mol. The molecule has 0 aliphatic carbocycles. The third-order valence-corrected chi connectivity index (χ3v) is 3.67. The van der Waals surface area contributed by atoms with Crippen molar-refractivity contribution >= 4 is 21.8 Å². The first-order valence-corrected chi connectivity index (χ1v) is 6.49. The van der Waals surface area contributed by atoms with Crippen molar-refractivity contribution in [2.45, 2.75) is 25.9 Å². The summed E-state index contributed by atoms with van der Waals surface area (Å²) in [4.78, 5) is 9.05. The molecule has 0 aliphatic rings. The fourth-order valence-corrected chi connectivity index (χ4v) is 2.20. The molecule has 3 rings (SSSR count). The van der Waals surface area contributed by atoms with Crippen molar-refractivity contribution in [3.63, 3.8) is 0 Å². The summed E-state index contributed by atoms with van der Waals surface area (Å²) in [5.41, 5.74) is 1.53. The van der Waals surface area contributed by atoms with Gasteiger partial charge in [0.05, 0.1) is 16.7 Å².